The minimum Gasteiger partial charge on any atom is -0.353 e. The Bertz CT molecular complexity index is 920. The molecular weight excluding hydrogens is 380 g/mol. The van der Waals surface area contributed by atoms with Crippen molar-refractivity contribution in [2.75, 3.05) is 37.1 Å². The van der Waals surface area contributed by atoms with Gasteiger partial charge in [-0.1, -0.05) is 23.7 Å². The van der Waals surface area contributed by atoms with Gasteiger partial charge in [0.25, 0.3) is 5.91 Å². The number of hydrogen-bond donors (Lipinski definition) is 1. The molecule has 2 rings (SSSR count). The number of hydroxylamine groups is 2. The van der Waals surface area contributed by atoms with Gasteiger partial charge in [-0.05, 0) is 18.2 Å². The monoisotopic (exact) mass is 398 g/mol. The number of anilines is 3. The van der Waals surface area contributed by atoms with Crippen molar-refractivity contribution in [2.24, 2.45) is 0 Å². The largest absolute Gasteiger partial charge is 0.353 e. The van der Waals surface area contributed by atoms with Crippen LogP contribution in [0, 0.1) is 0 Å². The molecule has 0 aliphatic carbocycles. The Balaban J connectivity index is 2.50. The molecule has 1 aromatic carbocycles. The second-order valence-corrected chi connectivity index (χ2v) is 7.81. The summed E-state index contributed by atoms with van der Waals surface area (Å²) in [5.41, 5.74) is 1.49. The molecule has 0 aliphatic heterocycles. The first-order chi connectivity index (χ1) is 12.1. The van der Waals surface area contributed by atoms with E-state index in [0.29, 0.717) is 17.1 Å². The van der Waals surface area contributed by atoms with Gasteiger partial charge in [-0.3, -0.25) is 13.9 Å². The zero-order chi connectivity index (χ0) is 19.5. The molecule has 26 heavy (non-hydrogen) atoms. The third kappa shape index (κ3) is 4.43. The van der Waals surface area contributed by atoms with Crippen molar-refractivity contribution < 1.29 is 18.0 Å². The van der Waals surface area contributed by atoms with Crippen molar-refractivity contribution >= 4 is 44.6 Å². The molecule has 0 saturated heterocycles. The fourth-order valence-corrected chi connectivity index (χ4v) is 2.81. The number of nitrogens with zero attached hydrogens (tertiary/aromatic N) is 3. The standard InChI is InChI=1S/C16H19ClN4O4S/c1-20(25-3)16(22)11-10-18-15(17)9-13(11)19-12-7-5-6-8-14(12)21(2)26(4,23)24/h5-10H,1-4H3,(H,18,19). The van der Waals surface area contributed by atoms with Crippen molar-refractivity contribution in [3.8, 4) is 0 Å². The molecule has 10 heteroatoms. The Hall–Kier alpha value is -2.36. The lowest BCUT2D eigenvalue weighted by Gasteiger charge is -2.22. The Kier molecular flexibility index (Phi) is 6.06. The van der Waals surface area contributed by atoms with Gasteiger partial charge in [-0.2, -0.15) is 0 Å². The highest BCUT2D eigenvalue weighted by Gasteiger charge is 2.20. The normalized spacial score (nSPS) is 11.1. The number of benzene rings is 1. The Morgan fingerprint density at radius 3 is 2.50 bits per heavy atom. The van der Waals surface area contributed by atoms with Crippen LogP contribution in [0.15, 0.2) is 36.5 Å². The first kappa shape index (κ1) is 20.0. The summed E-state index contributed by atoms with van der Waals surface area (Å²) in [5, 5.41) is 4.29. The molecule has 1 N–H and O–H groups in total. The first-order valence-electron chi connectivity index (χ1n) is 7.42. The minimum atomic E-state index is -3.46. The number of carbonyl (C=O) groups is 1. The molecule has 1 heterocycles. The van der Waals surface area contributed by atoms with Crippen LogP contribution in [-0.4, -0.2) is 51.8 Å². The zero-order valence-electron chi connectivity index (χ0n) is 14.7. The van der Waals surface area contributed by atoms with E-state index in [1.54, 1.807) is 24.3 Å². The zero-order valence-corrected chi connectivity index (χ0v) is 16.3. The summed E-state index contributed by atoms with van der Waals surface area (Å²) < 4.78 is 24.9. The summed E-state index contributed by atoms with van der Waals surface area (Å²) in [6.45, 7) is 0. The lowest BCUT2D eigenvalue weighted by atomic mass is 10.2. The number of nitrogens with one attached hydrogen (secondary N) is 1. The molecule has 0 unspecified atom stereocenters. The molecule has 0 fully saturated rings. The SMILES string of the molecule is CON(C)C(=O)c1cnc(Cl)cc1Nc1ccccc1N(C)S(C)(=O)=O. The van der Waals surface area contributed by atoms with Gasteiger partial charge in [-0.25, -0.2) is 18.5 Å². The van der Waals surface area contributed by atoms with Crippen molar-refractivity contribution in [3.63, 3.8) is 0 Å². The van der Waals surface area contributed by atoms with Gasteiger partial charge >= 0.3 is 0 Å². The summed E-state index contributed by atoms with van der Waals surface area (Å²) in [6.07, 6.45) is 2.43. The molecule has 1 amide bonds. The number of hydrogen-bond acceptors (Lipinski definition) is 6. The highest BCUT2D eigenvalue weighted by Crippen LogP contribution is 2.31. The van der Waals surface area contributed by atoms with Crippen molar-refractivity contribution in [1.82, 2.24) is 10.0 Å². The lowest BCUT2D eigenvalue weighted by Crippen LogP contribution is -2.27. The quantitative estimate of drug-likeness (QED) is 0.593. The second kappa shape index (κ2) is 7.90. The number of para-hydroxylation sites is 2. The molecule has 0 spiro atoms. The number of amides is 1. The Morgan fingerprint density at radius 2 is 1.88 bits per heavy atom. The summed E-state index contributed by atoms with van der Waals surface area (Å²) in [5.74, 6) is -0.437. The molecule has 140 valence electrons. The summed E-state index contributed by atoms with van der Waals surface area (Å²) >= 11 is 5.96. The predicted octanol–water partition coefficient (Wildman–Crippen LogP) is 2.51. The van der Waals surface area contributed by atoms with Crippen LogP contribution in [-0.2, 0) is 14.9 Å². The van der Waals surface area contributed by atoms with E-state index >= 15 is 0 Å². The van der Waals surface area contributed by atoms with Gasteiger partial charge in [-0.15, -0.1) is 0 Å². The lowest BCUT2D eigenvalue weighted by molar-refractivity contribution is -0.0756. The van der Waals surface area contributed by atoms with Crippen molar-refractivity contribution in [1.29, 1.82) is 0 Å². The minimum absolute atomic E-state index is 0.179. The smallest absolute Gasteiger partial charge is 0.280 e. The van der Waals surface area contributed by atoms with Gasteiger partial charge < -0.3 is 5.32 Å². The topological polar surface area (TPSA) is 91.8 Å². The van der Waals surface area contributed by atoms with Gasteiger partial charge in [0.05, 0.1) is 36.0 Å². The third-order valence-corrected chi connectivity index (χ3v) is 5.07. The fraction of sp³-hybridized carbons (Fsp3) is 0.250. The van der Waals surface area contributed by atoms with E-state index in [9.17, 15) is 13.2 Å². The highest BCUT2D eigenvalue weighted by molar-refractivity contribution is 7.92. The fourth-order valence-electron chi connectivity index (χ4n) is 2.13. The van der Waals surface area contributed by atoms with E-state index < -0.39 is 15.9 Å². The molecule has 0 saturated carbocycles. The van der Waals surface area contributed by atoms with E-state index in [0.717, 1.165) is 15.6 Å². The van der Waals surface area contributed by atoms with Gasteiger partial charge in [0.15, 0.2) is 0 Å². The van der Waals surface area contributed by atoms with Crippen LogP contribution in [0.25, 0.3) is 0 Å². The molecule has 1 aromatic heterocycles. The molecule has 0 radical (unpaired) electrons. The Morgan fingerprint density at radius 1 is 1.23 bits per heavy atom. The van der Waals surface area contributed by atoms with Crippen LogP contribution in [0.1, 0.15) is 10.4 Å². The van der Waals surface area contributed by atoms with Crippen molar-refractivity contribution in [2.45, 2.75) is 0 Å². The molecule has 0 bridgehead atoms. The van der Waals surface area contributed by atoms with E-state index in [4.69, 9.17) is 16.4 Å². The number of rotatable bonds is 6. The van der Waals surface area contributed by atoms with E-state index in [2.05, 4.69) is 10.3 Å². The molecule has 0 aliphatic rings. The second-order valence-electron chi connectivity index (χ2n) is 5.41. The number of pyridine rings is 1. The van der Waals surface area contributed by atoms with Gasteiger partial charge in [0.2, 0.25) is 10.0 Å². The summed E-state index contributed by atoms with van der Waals surface area (Å²) in [7, 11) is 0.812. The van der Waals surface area contributed by atoms with Gasteiger partial charge in [0.1, 0.15) is 5.15 Å². The molecule has 8 nitrogen and oxygen atoms in total. The maximum atomic E-state index is 12.4. The Labute approximate surface area is 157 Å². The summed E-state index contributed by atoms with van der Waals surface area (Å²) in [4.78, 5) is 21.3. The maximum absolute atomic E-state index is 12.4. The van der Waals surface area contributed by atoms with E-state index in [1.165, 1.54) is 33.5 Å². The third-order valence-electron chi connectivity index (χ3n) is 3.67. The maximum Gasteiger partial charge on any atom is 0.280 e. The van der Waals surface area contributed by atoms with Crippen LogP contribution in [0.4, 0.5) is 17.1 Å². The average Bonchev–Trinajstić information content (AvgIpc) is 2.59. The summed E-state index contributed by atoms with van der Waals surface area (Å²) in [6, 6.07) is 8.28. The number of carbonyl (C=O) groups excluding carboxylic acids is 1. The molecular formula is C16H19ClN4O4S. The highest BCUT2D eigenvalue weighted by atomic mass is 35.5. The van der Waals surface area contributed by atoms with Crippen LogP contribution >= 0.6 is 11.6 Å². The van der Waals surface area contributed by atoms with Crippen LogP contribution < -0.4 is 9.62 Å². The van der Waals surface area contributed by atoms with Crippen LogP contribution in [0.5, 0.6) is 0 Å². The molecule has 0 atom stereocenters. The number of sulfonamides is 1. The average molecular weight is 399 g/mol. The van der Waals surface area contributed by atoms with E-state index in [-0.39, 0.29) is 10.7 Å². The van der Waals surface area contributed by atoms with Crippen LogP contribution in [0.3, 0.4) is 0 Å². The van der Waals surface area contributed by atoms with Gasteiger partial charge in [0, 0.05) is 20.3 Å². The number of aromatic nitrogens is 1. The van der Waals surface area contributed by atoms with E-state index in [1.807, 2.05) is 0 Å². The predicted molar refractivity (Wildman–Crippen MR) is 101 cm³/mol. The van der Waals surface area contributed by atoms with Crippen molar-refractivity contribution in [3.05, 3.63) is 47.2 Å². The number of halogens is 1. The first-order valence-corrected chi connectivity index (χ1v) is 9.65. The molecule has 2 aromatic rings. The van der Waals surface area contributed by atoms with Crippen LogP contribution in [0.2, 0.25) is 5.15 Å².